The smallest absolute Gasteiger partial charge is 0.191 e. The molecule has 0 spiro atoms. The molecule has 0 unspecified atom stereocenters. The third kappa shape index (κ3) is 5.06. The van der Waals surface area contributed by atoms with E-state index < -0.39 is 0 Å². The molecule has 3 N–H and O–H groups in total. The molecule has 5 nitrogen and oxygen atoms in total. The number of aliphatic imine (C=N–C) groups is 1. The molecule has 2 aromatic rings. The van der Waals surface area contributed by atoms with Crippen LogP contribution in [-0.2, 0) is 13.1 Å². The van der Waals surface area contributed by atoms with Crippen LogP contribution in [0.5, 0.6) is 11.5 Å². The average molecular weight is 348 g/mol. The van der Waals surface area contributed by atoms with Gasteiger partial charge in [0.1, 0.15) is 0 Å². The minimum absolute atomic E-state index is 0.140. The van der Waals surface area contributed by atoms with Gasteiger partial charge in [-0.3, -0.25) is 0 Å². The second-order valence-corrected chi connectivity index (χ2v) is 5.58. The lowest BCUT2D eigenvalue weighted by molar-refractivity contribution is 0.370. The molecule has 0 atom stereocenters. The molecule has 0 aliphatic carbocycles. The van der Waals surface area contributed by atoms with Gasteiger partial charge in [0.2, 0.25) is 0 Å². The van der Waals surface area contributed by atoms with Crippen molar-refractivity contribution in [3.8, 4) is 11.5 Å². The summed E-state index contributed by atoms with van der Waals surface area (Å²) in [6, 6.07) is 13.0. The summed E-state index contributed by atoms with van der Waals surface area (Å²) < 4.78 is 5.12. The maximum Gasteiger partial charge on any atom is 0.191 e. The SMILES string of the molecule is CCNC(=NCc1ccc(Cl)cc1)NCc1cccc(OC)c1O. The van der Waals surface area contributed by atoms with E-state index in [-0.39, 0.29) is 5.75 Å². The van der Waals surface area contributed by atoms with Crippen LogP contribution in [0.1, 0.15) is 18.1 Å². The van der Waals surface area contributed by atoms with Crippen molar-refractivity contribution in [2.24, 2.45) is 4.99 Å². The van der Waals surface area contributed by atoms with E-state index in [9.17, 15) is 5.11 Å². The van der Waals surface area contributed by atoms with Gasteiger partial charge >= 0.3 is 0 Å². The highest BCUT2D eigenvalue weighted by Crippen LogP contribution is 2.29. The Labute approximate surface area is 147 Å². The van der Waals surface area contributed by atoms with Crippen molar-refractivity contribution in [1.29, 1.82) is 0 Å². The quantitative estimate of drug-likeness (QED) is 0.554. The van der Waals surface area contributed by atoms with Gasteiger partial charge in [-0.25, -0.2) is 4.99 Å². The first-order valence-electron chi connectivity index (χ1n) is 7.75. The molecule has 0 bridgehead atoms. The summed E-state index contributed by atoms with van der Waals surface area (Å²) in [5.41, 5.74) is 1.81. The fraction of sp³-hybridized carbons (Fsp3) is 0.278. The van der Waals surface area contributed by atoms with Gasteiger partial charge in [-0.15, -0.1) is 0 Å². The number of aromatic hydroxyl groups is 1. The van der Waals surface area contributed by atoms with Gasteiger partial charge in [0, 0.05) is 23.7 Å². The average Bonchev–Trinajstić information content (AvgIpc) is 2.60. The number of nitrogens with one attached hydrogen (secondary N) is 2. The Kier molecular flexibility index (Phi) is 6.75. The topological polar surface area (TPSA) is 65.9 Å². The summed E-state index contributed by atoms with van der Waals surface area (Å²) in [7, 11) is 1.53. The van der Waals surface area contributed by atoms with Crippen LogP contribution in [0.25, 0.3) is 0 Å². The van der Waals surface area contributed by atoms with Crippen molar-refractivity contribution < 1.29 is 9.84 Å². The lowest BCUT2D eigenvalue weighted by atomic mass is 10.2. The molecule has 0 saturated heterocycles. The van der Waals surface area contributed by atoms with E-state index in [1.54, 1.807) is 6.07 Å². The maximum atomic E-state index is 10.1. The van der Waals surface area contributed by atoms with Crippen molar-refractivity contribution in [1.82, 2.24) is 10.6 Å². The predicted molar refractivity (Wildman–Crippen MR) is 97.8 cm³/mol. The van der Waals surface area contributed by atoms with E-state index in [4.69, 9.17) is 16.3 Å². The van der Waals surface area contributed by atoms with Crippen LogP contribution >= 0.6 is 11.6 Å². The Hall–Kier alpha value is -2.40. The second kappa shape index (κ2) is 9.03. The summed E-state index contributed by atoms with van der Waals surface area (Å²) in [4.78, 5) is 4.54. The van der Waals surface area contributed by atoms with E-state index in [2.05, 4.69) is 15.6 Å². The number of para-hydroxylation sites is 1. The molecule has 128 valence electrons. The Balaban J connectivity index is 2.03. The molecule has 2 aromatic carbocycles. The molecule has 0 aliphatic heterocycles. The first kappa shape index (κ1) is 17.9. The molecule has 0 heterocycles. The zero-order valence-corrected chi connectivity index (χ0v) is 14.6. The molecule has 0 fully saturated rings. The number of phenolic OH excluding ortho intramolecular Hbond substituents is 1. The van der Waals surface area contributed by atoms with E-state index in [1.165, 1.54) is 7.11 Å². The summed E-state index contributed by atoms with van der Waals surface area (Å²) in [5.74, 6) is 1.27. The predicted octanol–water partition coefficient (Wildman–Crippen LogP) is 3.31. The summed E-state index contributed by atoms with van der Waals surface area (Å²) in [6.07, 6.45) is 0. The highest BCUT2D eigenvalue weighted by molar-refractivity contribution is 6.30. The summed E-state index contributed by atoms with van der Waals surface area (Å²) >= 11 is 5.89. The highest BCUT2D eigenvalue weighted by Gasteiger charge is 2.07. The minimum atomic E-state index is 0.140. The van der Waals surface area contributed by atoms with Crippen LogP contribution < -0.4 is 15.4 Å². The first-order valence-corrected chi connectivity index (χ1v) is 8.13. The molecule has 0 aliphatic rings. The number of phenols is 1. The Morgan fingerprint density at radius 3 is 2.58 bits per heavy atom. The number of methoxy groups -OCH3 is 1. The number of ether oxygens (including phenoxy) is 1. The zero-order chi connectivity index (χ0) is 17.4. The van der Waals surface area contributed by atoms with E-state index in [0.717, 1.165) is 17.7 Å². The molecule has 0 radical (unpaired) electrons. The zero-order valence-electron chi connectivity index (χ0n) is 13.8. The second-order valence-electron chi connectivity index (χ2n) is 5.14. The summed E-state index contributed by atoms with van der Waals surface area (Å²) in [6.45, 7) is 3.73. The fourth-order valence-electron chi connectivity index (χ4n) is 2.16. The molecule has 0 saturated carbocycles. The summed E-state index contributed by atoms with van der Waals surface area (Å²) in [5, 5.41) is 17.2. The molecule has 24 heavy (non-hydrogen) atoms. The van der Waals surface area contributed by atoms with Crippen molar-refractivity contribution in [2.75, 3.05) is 13.7 Å². The molecule has 6 heteroatoms. The van der Waals surface area contributed by atoms with Crippen molar-refractivity contribution in [2.45, 2.75) is 20.0 Å². The number of hydrogen-bond donors (Lipinski definition) is 3. The number of nitrogens with zero attached hydrogens (tertiary/aromatic N) is 1. The maximum absolute atomic E-state index is 10.1. The normalized spacial score (nSPS) is 11.2. The van der Waals surface area contributed by atoms with Gasteiger partial charge in [0.25, 0.3) is 0 Å². The van der Waals surface area contributed by atoms with E-state index in [1.807, 2.05) is 43.3 Å². The molecule has 0 aromatic heterocycles. The van der Waals surface area contributed by atoms with Crippen LogP contribution in [0.4, 0.5) is 0 Å². The van der Waals surface area contributed by atoms with E-state index >= 15 is 0 Å². The van der Waals surface area contributed by atoms with Gasteiger partial charge in [-0.1, -0.05) is 35.9 Å². The van der Waals surface area contributed by atoms with Crippen LogP contribution in [0.15, 0.2) is 47.5 Å². The Morgan fingerprint density at radius 1 is 1.17 bits per heavy atom. The third-order valence-corrected chi connectivity index (χ3v) is 3.68. The van der Waals surface area contributed by atoms with Crippen LogP contribution in [0, 0.1) is 0 Å². The first-order chi connectivity index (χ1) is 11.6. The lowest BCUT2D eigenvalue weighted by Crippen LogP contribution is -2.36. The number of rotatable bonds is 6. The highest BCUT2D eigenvalue weighted by atomic mass is 35.5. The number of halogens is 1. The third-order valence-electron chi connectivity index (χ3n) is 3.43. The van der Waals surface area contributed by atoms with Crippen LogP contribution in [0.2, 0.25) is 5.02 Å². The Morgan fingerprint density at radius 2 is 1.92 bits per heavy atom. The molecular weight excluding hydrogens is 326 g/mol. The van der Waals surface area contributed by atoms with Gasteiger partial charge in [-0.2, -0.15) is 0 Å². The monoisotopic (exact) mass is 347 g/mol. The number of hydrogen-bond acceptors (Lipinski definition) is 3. The van der Waals surface area contributed by atoms with Gasteiger partial charge in [-0.05, 0) is 30.7 Å². The molecule has 0 amide bonds. The van der Waals surface area contributed by atoms with E-state index in [0.29, 0.717) is 29.8 Å². The van der Waals surface area contributed by atoms with Gasteiger partial charge in [0.05, 0.1) is 13.7 Å². The minimum Gasteiger partial charge on any atom is -0.504 e. The van der Waals surface area contributed by atoms with Crippen LogP contribution in [-0.4, -0.2) is 24.7 Å². The van der Waals surface area contributed by atoms with Gasteiger partial charge < -0.3 is 20.5 Å². The van der Waals surface area contributed by atoms with Crippen molar-refractivity contribution in [3.05, 3.63) is 58.6 Å². The van der Waals surface area contributed by atoms with Crippen molar-refractivity contribution >= 4 is 17.6 Å². The number of benzene rings is 2. The molecule has 2 rings (SSSR count). The Bertz CT molecular complexity index is 687. The van der Waals surface area contributed by atoms with Crippen LogP contribution in [0.3, 0.4) is 0 Å². The molecular formula is C18H22ClN3O2. The fourth-order valence-corrected chi connectivity index (χ4v) is 2.28. The largest absolute Gasteiger partial charge is 0.504 e. The lowest BCUT2D eigenvalue weighted by Gasteiger charge is -2.13. The van der Waals surface area contributed by atoms with Crippen molar-refractivity contribution in [3.63, 3.8) is 0 Å². The van der Waals surface area contributed by atoms with Gasteiger partial charge in [0.15, 0.2) is 17.5 Å². The standard InChI is InChI=1S/C18H22ClN3O2/c1-3-20-18(21-11-13-7-9-15(19)10-8-13)22-12-14-5-4-6-16(24-2)17(14)23/h4-10,23H,3,11-12H2,1-2H3,(H2,20,21,22). The number of guanidine groups is 1.